The van der Waals surface area contributed by atoms with Crippen LogP contribution in [0.4, 0.5) is 0 Å². The molecule has 1 fully saturated rings. The fraction of sp³-hybridized carbons (Fsp3) is 0.333. The molecule has 0 unspecified atom stereocenters. The summed E-state index contributed by atoms with van der Waals surface area (Å²) in [7, 11) is -1.91. The topological polar surface area (TPSA) is 91.3 Å². The molecular formula is C18H21N5O3S. The molecule has 8 nitrogen and oxygen atoms in total. The van der Waals surface area contributed by atoms with Gasteiger partial charge in [0.15, 0.2) is 5.03 Å². The molecule has 4 rings (SSSR count). The summed E-state index contributed by atoms with van der Waals surface area (Å²) in [6.45, 7) is 1.52. The van der Waals surface area contributed by atoms with Gasteiger partial charge in [0, 0.05) is 62.1 Å². The summed E-state index contributed by atoms with van der Waals surface area (Å²) in [4.78, 5) is 21.7. The maximum absolute atomic E-state index is 12.9. The number of hydrogen-bond acceptors (Lipinski definition) is 4. The first kappa shape index (κ1) is 17.7. The normalized spacial score (nSPS) is 16.6. The summed E-state index contributed by atoms with van der Waals surface area (Å²) < 4.78 is 28.5. The highest BCUT2D eigenvalue weighted by Gasteiger charge is 2.30. The molecule has 1 saturated heterocycles. The SMILES string of the molecule is Cn1cnc(S(=O)(=O)N2CCCN(C(=O)c3ccc4[nH]ccc4c3)CC2)c1. The number of sulfonamides is 1. The molecule has 1 N–H and O–H groups in total. The Kier molecular flexibility index (Phi) is 4.48. The van der Waals surface area contributed by atoms with E-state index in [9.17, 15) is 13.2 Å². The number of rotatable bonds is 3. The highest BCUT2D eigenvalue weighted by molar-refractivity contribution is 7.89. The number of amides is 1. The van der Waals surface area contributed by atoms with Crippen LogP contribution in [-0.4, -0.2) is 64.2 Å². The lowest BCUT2D eigenvalue weighted by molar-refractivity contribution is 0.0764. The predicted octanol–water partition coefficient (Wildman–Crippen LogP) is 1.44. The Balaban J connectivity index is 1.50. The minimum atomic E-state index is -3.64. The minimum Gasteiger partial charge on any atom is -0.361 e. The highest BCUT2D eigenvalue weighted by atomic mass is 32.2. The van der Waals surface area contributed by atoms with Crippen molar-refractivity contribution in [3.05, 3.63) is 48.5 Å². The van der Waals surface area contributed by atoms with Gasteiger partial charge in [-0.25, -0.2) is 13.4 Å². The van der Waals surface area contributed by atoms with Crippen molar-refractivity contribution in [2.45, 2.75) is 11.4 Å². The Morgan fingerprint density at radius 1 is 1.15 bits per heavy atom. The Bertz CT molecular complexity index is 1090. The van der Waals surface area contributed by atoms with Gasteiger partial charge >= 0.3 is 0 Å². The first-order chi connectivity index (χ1) is 12.9. The molecule has 0 saturated carbocycles. The number of aromatic nitrogens is 3. The van der Waals surface area contributed by atoms with E-state index in [-0.39, 0.29) is 17.5 Å². The molecule has 0 spiro atoms. The Morgan fingerprint density at radius 2 is 2.00 bits per heavy atom. The summed E-state index contributed by atoms with van der Waals surface area (Å²) in [6.07, 6.45) is 5.39. The lowest BCUT2D eigenvalue weighted by atomic mass is 10.1. The molecular weight excluding hydrogens is 366 g/mol. The molecule has 0 bridgehead atoms. The van der Waals surface area contributed by atoms with Crippen molar-refractivity contribution in [2.24, 2.45) is 7.05 Å². The summed E-state index contributed by atoms with van der Waals surface area (Å²) in [5, 5.41) is 1.03. The monoisotopic (exact) mass is 387 g/mol. The van der Waals surface area contributed by atoms with Gasteiger partial charge in [-0.3, -0.25) is 4.79 Å². The first-order valence-corrected chi connectivity index (χ1v) is 10.2. The molecule has 1 aliphatic rings. The third-order valence-corrected chi connectivity index (χ3v) is 6.61. The van der Waals surface area contributed by atoms with E-state index < -0.39 is 10.0 Å². The van der Waals surface area contributed by atoms with Crippen molar-refractivity contribution in [1.29, 1.82) is 0 Å². The zero-order chi connectivity index (χ0) is 19.0. The van der Waals surface area contributed by atoms with Crippen LogP contribution >= 0.6 is 0 Å². The highest BCUT2D eigenvalue weighted by Crippen LogP contribution is 2.19. The lowest BCUT2D eigenvalue weighted by Crippen LogP contribution is -2.37. The summed E-state index contributed by atoms with van der Waals surface area (Å²) >= 11 is 0. The molecule has 2 aromatic heterocycles. The van der Waals surface area contributed by atoms with Crippen LogP contribution < -0.4 is 0 Å². The number of aromatic amines is 1. The largest absolute Gasteiger partial charge is 0.361 e. The van der Waals surface area contributed by atoms with Crippen molar-refractivity contribution in [2.75, 3.05) is 26.2 Å². The number of nitrogens with zero attached hydrogens (tertiary/aromatic N) is 4. The molecule has 1 aromatic carbocycles. The van der Waals surface area contributed by atoms with Crippen molar-refractivity contribution < 1.29 is 13.2 Å². The van der Waals surface area contributed by atoms with E-state index in [0.717, 1.165) is 10.9 Å². The maximum Gasteiger partial charge on any atom is 0.262 e. The zero-order valence-electron chi connectivity index (χ0n) is 15.0. The third kappa shape index (κ3) is 3.35. The van der Waals surface area contributed by atoms with Gasteiger partial charge in [-0.1, -0.05) is 0 Å². The average Bonchev–Trinajstić information content (AvgIpc) is 3.22. The fourth-order valence-corrected chi connectivity index (χ4v) is 4.80. The van der Waals surface area contributed by atoms with Crippen molar-refractivity contribution in [3.8, 4) is 0 Å². The van der Waals surface area contributed by atoms with Gasteiger partial charge < -0.3 is 14.5 Å². The van der Waals surface area contributed by atoms with E-state index in [0.29, 0.717) is 31.6 Å². The number of H-pyrrole nitrogens is 1. The number of imidazole rings is 1. The van der Waals surface area contributed by atoms with Crippen molar-refractivity contribution in [3.63, 3.8) is 0 Å². The Hall–Kier alpha value is -2.65. The average molecular weight is 387 g/mol. The number of nitrogens with one attached hydrogen (secondary N) is 1. The maximum atomic E-state index is 12.9. The molecule has 27 heavy (non-hydrogen) atoms. The molecule has 0 atom stereocenters. The number of benzene rings is 1. The van der Waals surface area contributed by atoms with Gasteiger partial charge in [0.2, 0.25) is 0 Å². The summed E-state index contributed by atoms with van der Waals surface area (Å²) in [6, 6.07) is 7.48. The molecule has 142 valence electrons. The second-order valence-electron chi connectivity index (χ2n) is 6.71. The van der Waals surface area contributed by atoms with Gasteiger partial charge in [0.1, 0.15) is 0 Å². The number of fused-ring (bicyclic) bond motifs is 1. The molecule has 1 amide bonds. The van der Waals surface area contributed by atoms with E-state index in [1.54, 1.807) is 22.6 Å². The molecule has 3 aromatic rings. The van der Waals surface area contributed by atoms with Gasteiger partial charge in [-0.2, -0.15) is 4.31 Å². The third-order valence-electron chi connectivity index (χ3n) is 4.83. The van der Waals surface area contributed by atoms with Crippen LogP contribution in [0.3, 0.4) is 0 Å². The molecule has 0 radical (unpaired) electrons. The molecule has 1 aliphatic heterocycles. The van der Waals surface area contributed by atoms with E-state index in [2.05, 4.69) is 9.97 Å². The van der Waals surface area contributed by atoms with E-state index >= 15 is 0 Å². The van der Waals surface area contributed by atoms with Crippen LogP contribution in [0.1, 0.15) is 16.8 Å². The summed E-state index contributed by atoms with van der Waals surface area (Å²) in [5.74, 6) is -0.0739. The van der Waals surface area contributed by atoms with Gasteiger partial charge in [0.05, 0.1) is 6.33 Å². The van der Waals surface area contributed by atoms with E-state index in [4.69, 9.17) is 0 Å². The van der Waals surface area contributed by atoms with Gasteiger partial charge in [0.25, 0.3) is 15.9 Å². The Morgan fingerprint density at radius 3 is 2.78 bits per heavy atom. The first-order valence-electron chi connectivity index (χ1n) is 8.80. The Labute approximate surface area is 157 Å². The van der Waals surface area contributed by atoms with Crippen LogP contribution in [-0.2, 0) is 17.1 Å². The van der Waals surface area contributed by atoms with Crippen LogP contribution in [0.2, 0.25) is 0 Å². The lowest BCUT2D eigenvalue weighted by Gasteiger charge is -2.21. The standard InChI is InChI=1S/C18H21N5O3S/c1-21-12-17(20-13-21)27(25,26)23-8-2-7-22(9-10-23)18(24)15-3-4-16-14(11-15)5-6-19-16/h3-6,11-13,19H,2,7-10H2,1H3. The summed E-state index contributed by atoms with van der Waals surface area (Å²) in [5.41, 5.74) is 1.60. The second-order valence-corrected chi connectivity index (χ2v) is 8.59. The molecule has 9 heteroatoms. The second kappa shape index (κ2) is 6.82. The van der Waals surface area contributed by atoms with Crippen LogP contribution in [0.15, 0.2) is 48.0 Å². The number of carbonyl (C=O) groups excluding carboxylic acids is 1. The van der Waals surface area contributed by atoms with Crippen LogP contribution in [0, 0.1) is 0 Å². The quantitative estimate of drug-likeness (QED) is 0.736. The van der Waals surface area contributed by atoms with Gasteiger partial charge in [-0.15, -0.1) is 0 Å². The fourth-order valence-electron chi connectivity index (χ4n) is 3.36. The van der Waals surface area contributed by atoms with Crippen molar-refractivity contribution in [1.82, 2.24) is 23.7 Å². The molecule has 0 aliphatic carbocycles. The number of hydrogen-bond donors (Lipinski definition) is 1. The minimum absolute atomic E-state index is 0.0442. The predicted molar refractivity (Wildman–Crippen MR) is 101 cm³/mol. The van der Waals surface area contributed by atoms with Crippen LogP contribution in [0.25, 0.3) is 10.9 Å². The van der Waals surface area contributed by atoms with Gasteiger partial charge in [-0.05, 0) is 30.7 Å². The van der Waals surface area contributed by atoms with Crippen molar-refractivity contribution >= 4 is 26.8 Å². The number of aryl methyl sites for hydroxylation is 1. The zero-order valence-corrected chi connectivity index (χ0v) is 15.8. The number of carbonyl (C=O) groups is 1. The smallest absolute Gasteiger partial charge is 0.262 e. The van der Waals surface area contributed by atoms with E-state index in [1.807, 2.05) is 24.4 Å². The van der Waals surface area contributed by atoms with E-state index in [1.165, 1.54) is 16.8 Å². The molecule has 3 heterocycles. The van der Waals surface area contributed by atoms with Crippen LogP contribution in [0.5, 0.6) is 0 Å².